The van der Waals surface area contributed by atoms with E-state index in [1.54, 1.807) is 4.90 Å². The maximum atomic E-state index is 12.3. The molecular formula is C17H24N2O5S. The smallest absolute Gasteiger partial charge is 0.338 e. The highest BCUT2D eigenvalue weighted by atomic mass is 32.2. The van der Waals surface area contributed by atoms with E-state index in [2.05, 4.69) is 0 Å². The first-order chi connectivity index (χ1) is 11.8. The van der Waals surface area contributed by atoms with Gasteiger partial charge in [0, 0.05) is 12.6 Å². The molecule has 1 aromatic rings. The monoisotopic (exact) mass is 368 g/mol. The van der Waals surface area contributed by atoms with Gasteiger partial charge in [0.15, 0.2) is 6.61 Å². The summed E-state index contributed by atoms with van der Waals surface area (Å²) in [5.74, 6) is -0.877. The Morgan fingerprint density at radius 2 is 1.76 bits per heavy atom. The SMILES string of the molecule is CCN(C(=O)COC(=O)c1ccc(S(N)(=O)=O)cc1)C1CCCCC1. The topological polar surface area (TPSA) is 107 Å². The molecule has 0 atom stereocenters. The van der Waals surface area contributed by atoms with Crippen LogP contribution in [0.25, 0.3) is 0 Å². The number of likely N-dealkylation sites (N-methyl/N-ethyl adjacent to an activating group) is 1. The van der Waals surface area contributed by atoms with Crippen molar-refractivity contribution in [1.29, 1.82) is 0 Å². The van der Waals surface area contributed by atoms with E-state index in [4.69, 9.17) is 9.88 Å². The lowest BCUT2D eigenvalue weighted by Gasteiger charge is -2.33. The summed E-state index contributed by atoms with van der Waals surface area (Å²) in [5, 5.41) is 5.01. The Morgan fingerprint density at radius 1 is 1.16 bits per heavy atom. The minimum atomic E-state index is -3.81. The van der Waals surface area contributed by atoms with Gasteiger partial charge in [-0.15, -0.1) is 0 Å². The van der Waals surface area contributed by atoms with Gasteiger partial charge in [-0.2, -0.15) is 0 Å². The van der Waals surface area contributed by atoms with Crippen LogP contribution in [0.1, 0.15) is 49.4 Å². The Labute approximate surface area is 148 Å². The molecule has 0 radical (unpaired) electrons. The van der Waals surface area contributed by atoms with Gasteiger partial charge in [0.05, 0.1) is 10.5 Å². The van der Waals surface area contributed by atoms with E-state index in [9.17, 15) is 18.0 Å². The summed E-state index contributed by atoms with van der Waals surface area (Å²) in [6, 6.07) is 5.30. The summed E-state index contributed by atoms with van der Waals surface area (Å²) in [6.07, 6.45) is 5.41. The maximum absolute atomic E-state index is 12.3. The second-order valence-electron chi connectivity index (χ2n) is 6.12. The summed E-state index contributed by atoms with van der Waals surface area (Å²) in [4.78, 5) is 26.1. The molecule has 1 saturated carbocycles. The van der Waals surface area contributed by atoms with Crippen LogP contribution in [0, 0.1) is 0 Å². The van der Waals surface area contributed by atoms with Crippen molar-refractivity contribution in [3.63, 3.8) is 0 Å². The van der Waals surface area contributed by atoms with Crippen molar-refractivity contribution in [3.05, 3.63) is 29.8 Å². The molecule has 2 N–H and O–H groups in total. The number of primary sulfonamides is 1. The average Bonchev–Trinajstić information content (AvgIpc) is 2.60. The molecule has 0 spiro atoms. The first kappa shape index (κ1) is 19.4. The number of esters is 1. The summed E-state index contributed by atoms with van der Waals surface area (Å²) in [5.41, 5.74) is 0.168. The Hall–Kier alpha value is -1.93. The molecule has 25 heavy (non-hydrogen) atoms. The number of amides is 1. The third-order valence-electron chi connectivity index (χ3n) is 4.42. The number of sulfonamides is 1. The minimum absolute atomic E-state index is 0.0883. The standard InChI is InChI=1S/C17H24N2O5S/c1-2-19(14-6-4-3-5-7-14)16(20)12-24-17(21)13-8-10-15(11-9-13)25(18,22)23/h8-11,14H,2-7,12H2,1H3,(H2,18,22,23). The van der Waals surface area contributed by atoms with Crippen molar-refractivity contribution in [1.82, 2.24) is 4.90 Å². The summed E-state index contributed by atoms with van der Waals surface area (Å²) < 4.78 is 27.5. The lowest BCUT2D eigenvalue weighted by molar-refractivity contribution is -0.137. The highest BCUT2D eigenvalue weighted by Gasteiger charge is 2.25. The van der Waals surface area contributed by atoms with E-state index in [1.807, 2.05) is 6.92 Å². The van der Waals surface area contributed by atoms with Crippen molar-refractivity contribution in [2.24, 2.45) is 5.14 Å². The number of ether oxygens (including phenoxy) is 1. The third-order valence-corrected chi connectivity index (χ3v) is 5.35. The zero-order chi connectivity index (χ0) is 18.4. The first-order valence-electron chi connectivity index (χ1n) is 8.42. The lowest BCUT2D eigenvalue weighted by Crippen LogP contribution is -2.43. The van der Waals surface area contributed by atoms with Gasteiger partial charge in [-0.25, -0.2) is 18.4 Å². The Bertz CT molecular complexity index is 709. The summed E-state index contributed by atoms with van der Waals surface area (Å²) in [7, 11) is -3.81. The fraction of sp³-hybridized carbons (Fsp3) is 0.529. The average molecular weight is 368 g/mol. The van der Waals surface area contributed by atoms with Crippen LogP contribution in [0.5, 0.6) is 0 Å². The van der Waals surface area contributed by atoms with Crippen LogP contribution in [0.2, 0.25) is 0 Å². The van der Waals surface area contributed by atoms with E-state index in [0.717, 1.165) is 25.7 Å². The Morgan fingerprint density at radius 3 is 2.28 bits per heavy atom. The second kappa shape index (κ2) is 8.44. The van der Waals surface area contributed by atoms with Gasteiger partial charge in [-0.3, -0.25) is 4.79 Å². The van der Waals surface area contributed by atoms with E-state index < -0.39 is 16.0 Å². The molecule has 0 saturated heterocycles. The number of nitrogens with two attached hydrogens (primary N) is 1. The van der Waals surface area contributed by atoms with E-state index >= 15 is 0 Å². The molecule has 0 aliphatic heterocycles. The molecular weight excluding hydrogens is 344 g/mol. The normalized spacial score (nSPS) is 15.6. The van der Waals surface area contributed by atoms with E-state index in [-0.39, 0.29) is 29.0 Å². The molecule has 1 amide bonds. The Balaban J connectivity index is 1.92. The molecule has 7 nitrogen and oxygen atoms in total. The predicted molar refractivity (Wildman–Crippen MR) is 92.4 cm³/mol. The molecule has 1 aliphatic carbocycles. The fourth-order valence-electron chi connectivity index (χ4n) is 3.11. The van der Waals surface area contributed by atoms with Gasteiger partial charge >= 0.3 is 5.97 Å². The maximum Gasteiger partial charge on any atom is 0.338 e. The molecule has 1 aliphatic rings. The van der Waals surface area contributed by atoms with Gasteiger partial charge < -0.3 is 9.64 Å². The van der Waals surface area contributed by atoms with E-state index in [0.29, 0.717) is 6.54 Å². The minimum Gasteiger partial charge on any atom is -0.452 e. The van der Waals surface area contributed by atoms with Crippen molar-refractivity contribution in [2.75, 3.05) is 13.2 Å². The lowest BCUT2D eigenvalue weighted by atomic mass is 9.94. The molecule has 0 aromatic heterocycles. The number of rotatable bonds is 6. The van der Waals surface area contributed by atoms with Crippen LogP contribution in [0.4, 0.5) is 0 Å². The largest absolute Gasteiger partial charge is 0.452 e. The van der Waals surface area contributed by atoms with Gasteiger partial charge in [-0.05, 0) is 44.0 Å². The number of hydrogen-bond acceptors (Lipinski definition) is 5. The number of carbonyl (C=O) groups excluding carboxylic acids is 2. The highest BCUT2D eigenvalue weighted by Crippen LogP contribution is 2.22. The predicted octanol–water partition coefficient (Wildman–Crippen LogP) is 1.67. The van der Waals surface area contributed by atoms with Crippen molar-refractivity contribution in [3.8, 4) is 0 Å². The highest BCUT2D eigenvalue weighted by molar-refractivity contribution is 7.89. The van der Waals surface area contributed by atoms with Gasteiger partial charge in [0.2, 0.25) is 10.0 Å². The van der Waals surface area contributed by atoms with Gasteiger partial charge in [0.1, 0.15) is 0 Å². The molecule has 0 heterocycles. The summed E-state index contributed by atoms with van der Waals surface area (Å²) in [6.45, 7) is 2.19. The molecule has 1 fully saturated rings. The van der Waals surface area contributed by atoms with Crippen LogP contribution in [-0.4, -0.2) is 44.4 Å². The van der Waals surface area contributed by atoms with Crippen LogP contribution >= 0.6 is 0 Å². The Kier molecular flexibility index (Phi) is 6.55. The molecule has 1 aromatic carbocycles. The molecule has 0 bridgehead atoms. The van der Waals surface area contributed by atoms with Crippen LogP contribution in [-0.2, 0) is 19.6 Å². The molecule has 2 rings (SSSR count). The van der Waals surface area contributed by atoms with Crippen molar-refractivity contribution in [2.45, 2.75) is 50.0 Å². The van der Waals surface area contributed by atoms with Crippen LogP contribution in [0.3, 0.4) is 0 Å². The third kappa shape index (κ3) is 5.27. The van der Waals surface area contributed by atoms with Crippen molar-refractivity contribution < 1.29 is 22.7 Å². The van der Waals surface area contributed by atoms with Gasteiger partial charge in [-0.1, -0.05) is 19.3 Å². The fourth-order valence-corrected chi connectivity index (χ4v) is 3.62. The zero-order valence-electron chi connectivity index (χ0n) is 14.3. The number of benzene rings is 1. The number of hydrogen-bond donors (Lipinski definition) is 1. The quantitative estimate of drug-likeness (QED) is 0.769. The molecule has 0 unspecified atom stereocenters. The summed E-state index contributed by atoms with van der Waals surface area (Å²) >= 11 is 0. The first-order valence-corrected chi connectivity index (χ1v) is 9.97. The molecule has 138 valence electrons. The number of carbonyl (C=O) groups is 2. The number of nitrogens with zero attached hydrogens (tertiary/aromatic N) is 1. The van der Waals surface area contributed by atoms with Crippen molar-refractivity contribution >= 4 is 21.9 Å². The van der Waals surface area contributed by atoms with Crippen LogP contribution in [0.15, 0.2) is 29.2 Å². The second-order valence-corrected chi connectivity index (χ2v) is 7.68. The van der Waals surface area contributed by atoms with E-state index in [1.165, 1.54) is 30.7 Å². The zero-order valence-corrected chi connectivity index (χ0v) is 15.1. The van der Waals surface area contributed by atoms with Gasteiger partial charge in [0.25, 0.3) is 5.91 Å². The molecule has 8 heteroatoms. The van der Waals surface area contributed by atoms with Crippen LogP contribution < -0.4 is 5.14 Å².